The van der Waals surface area contributed by atoms with E-state index in [-0.39, 0.29) is 22.9 Å². The molecule has 1 aromatic carbocycles. The summed E-state index contributed by atoms with van der Waals surface area (Å²) in [6.45, 7) is 6.51. The molecule has 2 rings (SSSR count). The van der Waals surface area contributed by atoms with E-state index in [0.29, 0.717) is 6.42 Å². The normalized spacial score (nSPS) is 18.6. The number of amides is 1. The van der Waals surface area contributed by atoms with Crippen molar-refractivity contribution in [1.82, 2.24) is 0 Å². The largest absolute Gasteiger partial charge is 0.325 e. The topological polar surface area (TPSA) is 77.8 Å². The predicted octanol–water partition coefficient (Wildman–Crippen LogP) is 4.72. The molecule has 1 aliphatic heterocycles. The standard InChI is InChI=1S/C18H28NO4PS2/c1-18(2,3)14-6-8-15(9-7-14)19-16(13-26-17(19)20)12-25-11-5-4-10-24(21,22)23/h6-9,16H,4-5,10-13H2,1-3H3,(H2,21,22,23)/t16-/m0/s1. The lowest BCUT2D eigenvalue weighted by atomic mass is 9.87. The maximum absolute atomic E-state index is 12.3. The Morgan fingerprint density at radius 2 is 1.88 bits per heavy atom. The highest BCUT2D eigenvalue weighted by Crippen LogP contribution is 2.36. The molecule has 0 bridgehead atoms. The molecular weight excluding hydrogens is 389 g/mol. The van der Waals surface area contributed by atoms with E-state index in [4.69, 9.17) is 9.79 Å². The predicted molar refractivity (Wildman–Crippen MR) is 113 cm³/mol. The number of unbranched alkanes of at least 4 members (excludes halogenated alkanes) is 1. The molecule has 0 saturated carbocycles. The van der Waals surface area contributed by atoms with Crippen molar-refractivity contribution in [2.45, 2.75) is 45.1 Å². The SMILES string of the molecule is CC(C)(C)c1ccc(N2C(=O)SC[C@@H]2CSCCCCP(=O)(O)O)cc1. The molecule has 1 saturated heterocycles. The number of carbonyl (C=O) groups is 1. The number of anilines is 1. The van der Waals surface area contributed by atoms with E-state index in [1.807, 2.05) is 17.0 Å². The first-order valence-electron chi connectivity index (χ1n) is 8.77. The zero-order valence-electron chi connectivity index (χ0n) is 15.6. The summed E-state index contributed by atoms with van der Waals surface area (Å²) < 4.78 is 10.8. The Morgan fingerprint density at radius 1 is 1.23 bits per heavy atom. The highest BCUT2D eigenvalue weighted by Gasteiger charge is 2.33. The third-order valence-electron chi connectivity index (χ3n) is 4.27. The van der Waals surface area contributed by atoms with E-state index in [9.17, 15) is 9.36 Å². The molecule has 1 fully saturated rings. The van der Waals surface area contributed by atoms with Crippen molar-refractivity contribution in [3.8, 4) is 0 Å². The second-order valence-corrected chi connectivity index (χ2v) is 11.5. The van der Waals surface area contributed by atoms with Gasteiger partial charge in [0.1, 0.15) is 0 Å². The number of nitrogens with zero attached hydrogens (tertiary/aromatic N) is 1. The van der Waals surface area contributed by atoms with Crippen LogP contribution in [0.4, 0.5) is 10.5 Å². The minimum absolute atomic E-state index is 0.0441. The number of benzene rings is 1. The number of carbonyl (C=O) groups excluding carboxylic acids is 1. The van der Waals surface area contributed by atoms with Crippen molar-refractivity contribution in [2.75, 3.05) is 28.3 Å². The fourth-order valence-corrected chi connectivity index (χ4v) is 5.66. The van der Waals surface area contributed by atoms with Crippen molar-refractivity contribution in [1.29, 1.82) is 0 Å². The zero-order valence-corrected chi connectivity index (χ0v) is 18.1. The fraction of sp³-hybridized carbons (Fsp3) is 0.611. The van der Waals surface area contributed by atoms with E-state index >= 15 is 0 Å². The van der Waals surface area contributed by atoms with Gasteiger partial charge in [0.2, 0.25) is 0 Å². The minimum atomic E-state index is -3.87. The summed E-state index contributed by atoms with van der Waals surface area (Å²) in [4.78, 5) is 31.9. The molecule has 2 N–H and O–H groups in total. The number of rotatable bonds is 8. The molecule has 26 heavy (non-hydrogen) atoms. The Hall–Kier alpha value is -0.460. The fourth-order valence-electron chi connectivity index (χ4n) is 2.76. The van der Waals surface area contributed by atoms with E-state index in [0.717, 1.165) is 29.4 Å². The van der Waals surface area contributed by atoms with Gasteiger partial charge in [0.05, 0.1) is 6.04 Å². The molecule has 0 aromatic heterocycles. The van der Waals surface area contributed by atoms with Crippen LogP contribution in [-0.4, -0.2) is 44.5 Å². The van der Waals surface area contributed by atoms with Gasteiger partial charge < -0.3 is 9.79 Å². The van der Waals surface area contributed by atoms with Crippen LogP contribution in [0.1, 0.15) is 39.2 Å². The van der Waals surface area contributed by atoms with Crippen LogP contribution in [0.5, 0.6) is 0 Å². The van der Waals surface area contributed by atoms with Crippen LogP contribution in [0.2, 0.25) is 0 Å². The molecule has 0 spiro atoms. The molecule has 0 unspecified atom stereocenters. The van der Waals surface area contributed by atoms with Crippen LogP contribution < -0.4 is 4.90 Å². The van der Waals surface area contributed by atoms with Crippen molar-refractivity contribution >= 4 is 42.0 Å². The Kier molecular flexibility index (Phi) is 7.69. The van der Waals surface area contributed by atoms with Gasteiger partial charge in [-0.3, -0.25) is 14.3 Å². The zero-order chi connectivity index (χ0) is 19.4. The maximum Gasteiger partial charge on any atom is 0.325 e. The van der Waals surface area contributed by atoms with Gasteiger partial charge in [-0.25, -0.2) is 0 Å². The molecule has 1 amide bonds. The smallest absolute Gasteiger partial charge is 0.324 e. The van der Waals surface area contributed by atoms with E-state index in [2.05, 4.69) is 32.9 Å². The Bertz CT molecular complexity index is 654. The van der Waals surface area contributed by atoms with E-state index < -0.39 is 7.60 Å². The Morgan fingerprint density at radius 3 is 2.46 bits per heavy atom. The molecule has 0 radical (unpaired) electrons. The van der Waals surface area contributed by atoms with Crippen molar-refractivity contribution < 1.29 is 19.1 Å². The number of hydrogen-bond acceptors (Lipinski definition) is 4. The van der Waals surface area contributed by atoms with Gasteiger partial charge in [0.25, 0.3) is 5.24 Å². The summed E-state index contributed by atoms with van der Waals surface area (Å²) >= 11 is 3.11. The molecule has 1 atom stereocenters. The second-order valence-electron chi connectivity index (χ2n) is 7.57. The third kappa shape index (κ3) is 6.61. The Balaban J connectivity index is 1.87. The first kappa shape index (κ1) is 21.8. The quantitative estimate of drug-likeness (QED) is 0.471. The molecule has 0 aliphatic carbocycles. The summed E-state index contributed by atoms with van der Waals surface area (Å²) in [6.07, 6.45) is 1.27. The van der Waals surface area contributed by atoms with Crippen molar-refractivity contribution in [2.24, 2.45) is 0 Å². The monoisotopic (exact) mass is 417 g/mol. The maximum atomic E-state index is 12.3. The molecule has 1 aromatic rings. The van der Waals surface area contributed by atoms with Gasteiger partial charge in [0.15, 0.2) is 0 Å². The van der Waals surface area contributed by atoms with Gasteiger partial charge in [-0.15, -0.1) is 0 Å². The van der Waals surface area contributed by atoms with Gasteiger partial charge in [-0.1, -0.05) is 44.7 Å². The lowest BCUT2D eigenvalue weighted by Crippen LogP contribution is -2.35. The summed E-state index contributed by atoms with van der Waals surface area (Å²) in [5.74, 6) is 2.48. The van der Waals surface area contributed by atoms with Gasteiger partial charge in [-0.2, -0.15) is 11.8 Å². The van der Waals surface area contributed by atoms with Crippen LogP contribution >= 0.6 is 31.1 Å². The molecule has 5 nitrogen and oxygen atoms in total. The lowest BCUT2D eigenvalue weighted by Gasteiger charge is -2.25. The van der Waals surface area contributed by atoms with Crippen LogP contribution in [0.3, 0.4) is 0 Å². The third-order valence-corrected chi connectivity index (χ3v) is 7.36. The molecule has 146 valence electrons. The summed E-state index contributed by atoms with van der Waals surface area (Å²) in [5, 5.41) is 0.0978. The first-order chi connectivity index (χ1) is 12.1. The molecule has 8 heteroatoms. The van der Waals surface area contributed by atoms with E-state index in [1.54, 1.807) is 11.8 Å². The van der Waals surface area contributed by atoms with Crippen LogP contribution in [0.15, 0.2) is 24.3 Å². The minimum Gasteiger partial charge on any atom is -0.324 e. The van der Waals surface area contributed by atoms with Gasteiger partial charge in [-0.05, 0) is 41.7 Å². The first-order valence-corrected chi connectivity index (χ1v) is 12.7. The van der Waals surface area contributed by atoms with Gasteiger partial charge in [0, 0.05) is 23.4 Å². The number of hydrogen-bond donors (Lipinski definition) is 2. The number of thioether (sulfide) groups is 2. The summed E-state index contributed by atoms with van der Waals surface area (Å²) in [5.41, 5.74) is 2.28. The highest BCUT2D eigenvalue weighted by molar-refractivity contribution is 8.14. The second kappa shape index (κ2) is 9.16. The highest BCUT2D eigenvalue weighted by atomic mass is 32.2. The average Bonchev–Trinajstić information content (AvgIpc) is 2.90. The molecule has 1 aliphatic rings. The van der Waals surface area contributed by atoms with Crippen LogP contribution in [0.25, 0.3) is 0 Å². The molecule has 1 heterocycles. The molecular formula is C18H28NO4PS2. The summed E-state index contributed by atoms with van der Waals surface area (Å²) in [7, 11) is -3.87. The summed E-state index contributed by atoms with van der Waals surface area (Å²) in [6, 6.07) is 8.42. The lowest BCUT2D eigenvalue weighted by molar-refractivity contribution is 0.265. The van der Waals surface area contributed by atoms with Crippen molar-refractivity contribution in [3.63, 3.8) is 0 Å². The van der Waals surface area contributed by atoms with Crippen molar-refractivity contribution in [3.05, 3.63) is 29.8 Å². The van der Waals surface area contributed by atoms with Crippen LogP contribution in [0, 0.1) is 0 Å². The van der Waals surface area contributed by atoms with Gasteiger partial charge >= 0.3 is 7.60 Å². The average molecular weight is 418 g/mol. The van der Waals surface area contributed by atoms with Crippen LogP contribution in [-0.2, 0) is 9.98 Å². The van der Waals surface area contributed by atoms with E-state index in [1.165, 1.54) is 17.3 Å². The Labute approximate surface area is 164 Å².